The van der Waals surface area contributed by atoms with Crippen LogP contribution in [0.3, 0.4) is 0 Å². The molecule has 7 heteroatoms. The van der Waals surface area contributed by atoms with E-state index in [0.717, 1.165) is 4.90 Å². The van der Waals surface area contributed by atoms with E-state index in [1.807, 2.05) is 0 Å². The molecule has 2 heterocycles. The van der Waals surface area contributed by atoms with Crippen molar-refractivity contribution in [3.63, 3.8) is 0 Å². The first-order chi connectivity index (χ1) is 11.5. The van der Waals surface area contributed by atoms with Crippen LogP contribution < -0.4 is 5.32 Å². The van der Waals surface area contributed by atoms with E-state index in [2.05, 4.69) is 5.32 Å². The SMILES string of the molecule is Cn1cccc1/C=C1/C(=O)NC(=O)N(Cc2ccccc2Cl)C1=O. The Morgan fingerprint density at radius 3 is 2.54 bits per heavy atom. The van der Waals surface area contributed by atoms with Gasteiger partial charge in [0.05, 0.1) is 6.54 Å². The Balaban J connectivity index is 1.93. The average Bonchev–Trinajstić information content (AvgIpc) is 2.94. The zero-order valence-corrected chi connectivity index (χ0v) is 13.6. The molecule has 0 bridgehead atoms. The summed E-state index contributed by atoms with van der Waals surface area (Å²) in [5, 5.41) is 2.64. The number of rotatable bonds is 3. The highest BCUT2D eigenvalue weighted by Gasteiger charge is 2.36. The van der Waals surface area contributed by atoms with E-state index in [9.17, 15) is 14.4 Å². The van der Waals surface area contributed by atoms with Gasteiger partial charge in [0.1, 0.15) is 5.57 Å². The van der Waals surface area contributed by atoms with Crippen molar-refractivity contribution in [2.75, 3.05) is 0 Å². The van der Waals surface area contributed by atoms with Gasteiger partial charge in [0.2, 0.25) is 0 Å². The molecule has 3 rings (SSSR count). The van der Waals surface area contributed by atoms with Crippen molar-refractivity contribution < 1.29 is 14.4 Å². The van der Waals surface area contributed by atoms with Crippen LogP contribution in [0, 0.1) is 0 Å². The number of nitrogens with one attached hydrogen (secondary N) is 1. The van der Waals surface area contributed by atoms with Crippen LogP contribution in [0.2, 0.25) is 5.02 Å². The molecular formula is C17H14ClN3O3. The Morgan fingerprint density at radius 1 is 1.12 bits per heavy atom. The minimum atomic E-state index is -0.756. The van der Waals surface area contributed by atoms with Crippen LogP contribution in [-0.4, -0.2) is 27.3 Å². The van der Waals surface area contributed by atoms with Gasteiger partial charge in [-0.25, -0.2) is 4.79 Å². The van der Waals surface area contributed by atoms with E-state index in [1.54, 1.807) is 54.2 Å². The van der Waals surface area contributed by atoms with Gasteiger partial charge in [-0.1, -0.05) is 29.8 Å². The van der Waals surface area contributed by atoms with Crippen LogP contribution in [0.25, 0.3) is 6.08 Å². The summed E-state index contributed by atoms with van der Waals surface area (Å²) < 4.78 is 1.77. The van der Waals surface area contributed by atoms with Gasteiger partial charge in [-0.2, -0.15) is 0 Å². The molecule has 1 aromatic carbocycles. The predicted octanol–water partition coefficient (Wildman–Crippen LogP) is 2.34. The monoisotopic (exact) mass is 343 g/mol. The lowest BCUT2D eigenvalue weighted by Gasteiger charge is -2.26. The molecule has 0 radical (unpaired) electrons. The smallest absolute Gasteiger partial charge is 0.331 e. The molecule has 4 amide bonds. The number of nitrogens with zero attached hydrogens (tertiary/aromatic N) is 2. The van der Waals surface area contributed by atoms with Gasteiger partial charge in [0.25, 0.3) is 11.8 Å². The quantitative estimate of drug-likeness (QED) is 0.687. The number of hydrogen-bond acceptors (Lipinski definition) is 3. The van der Waals surface area contributed by atoms with Gasteiger partial charge in [-0.15, -0.1) is 0 Å². The number of amides is 4. The van der Waals surface area contributed by atoms with Crippen LogP contribution in [0.1, 0.15) is 11.3 Å². The molecule has 1 aliphatic heterocycles. The summed E-state index contributed by atoms with van der Waals surface area (Å²) in [6.45, 7) is -0.0118. The van der Waals surface area contributed by atoms with Crippen LogP contribution in [0.5, 0.6) is 0 Å². The normalized spacial score (nSPS) is 16.7. The number of carbonyl (C=O) groups excluding carboxylic acids is 3. The fraction of sp³-hybridized carbons (Fsp3) is 0.118. The van der Waals surface area contributed by atoms with Crippen LogP contribution in [-0.2, 0) is 23.2 Å². The largest absolute Gasteiger partial charge is 0.351 e. The van der Waals surface area contributed by atoms with Crippen LogP contribution >= 0.6 is 11.6 Å². The molecule has 1 aromatic heterocycles. The fourth-order valence-electron chi connectivity index (χ4n) is 2.41. The van der Waals surface area contributed by atoms with Crippen molar-refractivity contribution in [3.8, 4) is 0 Å². The molecule has 1 N–H and O–H groups in total. The number of carbonyl (C=O) groups is 3. The third-order valence-corrected chi connectivity index (χ3v) is 4.12. The second-order valence-electron chi connectivity index (χ2n) is 5.34. The second-order valence-corrected chi connectivity index (χ2v) is 5.75. The number of aryl methyl sites for hydroxylation is 1. The topological polar surface area (TPSA) is 71.4 Å². The number of benzene rings is 1. The van der Waals surface area contributed by atoms with Gasteiger partial charge in [0, 0.05) is 24.0 Å². The van der Waals surface area contributed by atoms with Crippen LogP contribution in [0.15, 0.2) is 48.2 Å². The third-order valence-electron chi connectivity index (χ3n) is 3.75. The predicted molar refractivity (Wildman–Crippen MR) is 88.9 cm³/mol. The molecule has 0 saturated carbocycles. The van der Waals surface area contributed by atoms with E-state index >= 15 is 0 Å². The van der Waals surface area contributed by atoms with Gasteiger partial charge in [-0.05, 0) is 29.8 Å². The Morgan fingerprint density at radius 2 is 1.88 bits per heavy atom. The molecule has 2 aromatic rings. The Bertz CT molecular complexity index is 869. The molecule has 0 aliphatic carbocycles. The summed E-state index contributed by atoms with van der Waals surface area (Å²) >= 11 is 6.09. The number of halogens is 1. The molecule has 24 heavy (non-hydrogen) atoms. The lowest BCUT2D eigenvalue weighted by molar-refractivity contribution is -0.130. The summed E-state index contributed by atoms with van der Waals surface area (Å²) in [5.74, 6) is -1.36. The van der Waals surface area contributed by atoms with Crippen molar-refractivity contribution in [1.29, 1.82) is 0 Å². The highest BCUT2D eigenvalue weighted by molar-refractivity contribution is 6.32. The second kappa shape index (κ2) is 6.33. The van der Waals surface area contributed by atoms with E-state index in [4.69, 9.17) is 11.6 Å². The zero-order valence-electron chi connectivity index (χ0n) is 12.8. The number of hydrogen-bond donors (Lipinski definition) is 1. The Labute approximate surface area is 143 Å². The third kappa shape index (κ3) is 2.96. The molecule has 1 aliphatic rings. The number of barbiturate groups is 1. The first kappa shape index (κ1) is 16.0. The van der Waals surface area contributed by atoms with Crippen molar-refractivity contribution in [3.05, 3.63) is 64.4 Å². The first-order valence-electron chi connectivity index (χ1n) is 7.21. The standard InChI is InChI=1S/C17H14ClN3O3/c1-20-8-4-6-12(20)9-13-15(22)19-17(24)21(16(13)23)10-11-5-2-3-7-14(11)18/h2-9H,10H2,1H3,(H,19,22,24)/b13-9-. The number of aromatic nitrogens is 1. The van der Waals surface area contributed by atoms with Crippen molar-refractivity contribution in [2.45, 2.75) is 6.54 Å². The lowest BCUT2D eigenvalue weighted by Crippen LogP contribution is -2.53. The maximum atomic E-state index is 12.6. The maximum Gasteiger partial charge on any atom is 0.331 e. The van der Waals surface area contributed by atoms with Crippen molar-refractivity contribution >= 4 is 35.5 Å². The van der Waals surface area contributed by atoms with Crippen LogP contribution in [0.4, 0.5) is 4.79 Å². The molecule has 1 saturated heterocycles. The summed E-state index contributed by atoms with van der Waals surface area (Å²) in [7, 11) is 1.80. The molecule has 0 atom stereocenters. The van der Waals surface area contributed by atoms with Gasteiger partial charge in [-0.3, -0.25) is 19.8 Å². The molecule has 6 nitrogen and oxygen atoms in total. The maximum absolute atomic E-state index is 12.6. The Hall–Kier alpha value is -2.86. The zero-order chi connectivity index (χ0) is 17.3. The van der Waals surface area contributed by atoms with E-state index in [-0.39, 0.29) is 12.1 Å². The summed E-state index contributed by atoms with van der Waals surface area (Å²) in [6.07, 6.45) is 3.26. The highest BCUT2D eigenvalue weighted by atomic mass is 35.5. The minimum absolute atomic E-state index is 0.0118. The summed E-state index contributed by atoms with van der Waals surface area (Å²) in [4.78, 5) is 37.7. The molecule has 0 unspecified atom stereocenters. The van der Waals surface area contributed by atoms with Gasteiger partial charge >= 0.3 is 6.03 Å². The molecule has 1 fully saturated rings. The number of urea groups is 1. The van der Waals surface area contributed by atoms with Gasteiger partial charge in [0.15, 0.2) is 0 Å². The molecular weight excluding hydrogens is 330 g/mol. The first-order valence-corrected chi connectivity index (χ1v) is 7.59. The van der Waals surface area contributed by atoms with Crippen molar-refractivity contribution in [2.24, 2.45) is 7.05 Å². The number of imide groups is 2. The summed E-state index contributed by atoms with van der Waals surface area (Å²) in [5.41, 5.74) is 1.21. The van der Waals surface area contributed by atoms with E-state index in [1.165, 1.54) is 6.08 Å². The highest BCUT2D eigenvalue weighted by Crippen LogP contribution is 2.21. The average molecular weight is 344 g/mol. The van der Waals surface area contributed by atoms with Crippen molar-refractivity contribution in [1.82, 2.24) is 14.8 Å². The van der Waals surface area contributed by atoms with Gasteiger partial charge < -0.3 is 4.57 Å². The fourth-order valence-corrected chi connectivity index (χ4v) is 2.60. The lowest BCUT2D eigenvalue weighted by atomic mass is 10.1. The summed E-state index contributed by atoms with van der Waals surface area (Å²) in [6, 6.07) is 9.73. The Kier molecular flexibility index (Phi) is 4.22. The van der Waals surface area contributed by atoms with E-state index < -0.39 is 17.8 Å². The molecule has 0 spiro atoms. The molecule has 122 valence electrons. The van der Waals surface area contributed by atoms with E-state index in [0.29, 0.717) is 16.3 Å². The minimum Gasteiger partial charge on any atom is -0.351 e.